The molecule has 24 heavy (non-hydrogen) atoms. The van der Waals surface area contributed by atoms with Crippen LogP contribution in [0.4, 0.5) is 16.2 Å². The Labute approximate surface area is 146 Å². The van der Waals surface area contributed by atoms with Gasteiger partial charge in [0.1, 0.15) is 0 Å². The molecule has 0 aliphatic carbocycles. The zero-order valence-corrected chi connectivity index (χ0v) is 14.3. The van der Waals surface area contributed by atoms with Crippen LogP contribution in [0, 0.1) is 0 Å². The lowest BCUT2D eigenvalue weighted by Gasteiger charge is -2.23. The second kappa shape index (κ2) is 7.23. The van der Waals surface area contributed by atoms with Gasteiger partial charge in [0.25, 0.3) is 0 Å². The summed E-state index contributed by atoms with van der Waals surface area (Å²) in [6, 6.07) is 5.35. The molecule has 0 bridgehead atoms. The molecule has 1 unspecified atom stereocenters. The third-order valence-electron chi connectivity index (χ3n) is 4.34. The van der Waals surface area contributed by atoms with Crippen molar-refractivity contribution in [3.05, 3.63) is 35.4 Å². The fourth-order valence-corrected chi connectivity index (χ4v) is 3.27. The fourth-order valence-electron chi connectivity index (χ4n) is 3.11. The Bertz CT molecular complexity index is 669. The predicted molar refractivity (Wildman–Crippen MR) is 95.5 cm³/mol. The molecule has 0 radical (unpaired) electrons. The van der Waals surface area contributed by atoms with Gasteiger partial charge >= 0.3 is 6.03 Å². The first-order valence-electron chi connectivity index (χ1n) is 8.05. The summed E-state index contributed by atoms with van der Waals surface area (Å²) in [5, 5.41) is 5.97. The molecule has 1 aromatic carbocycles. The number of hydrogen-bond donors (Lipinski definition) is 2. The Kier molecular flexibility index (Phi) is 5.06. The highest BCUT2D eigenvalue weighted by molar-refractivity contribution is 6.33. The van der Waals surface area contributed by atoms with Gasteiger partial charge in [-0.05, 0) is 24.6 Å². The summed E-state index contributed by atoms with van der Waals surface area (Å²) in [6.45, 7) is 4.84. The first kappa shape index (κ1) is 16.8. The van der Waals surface area contributed by atoms with Gasteiger partial charge in [0.2, 0.25) is 5.91 Å². The second-order valence-electron chi connectivity index (χ2n) is 6.12. The molecule has 1 atom stereocenters. The number of nitrogens with zero attached hydrogens (tertiary/aromatic N) is 2. The van der Waals surface area contributed by atoms with Gasteiger partial charge in [-0.2, -0.15) is 0 Å². The highest BCUT2D eigenvalue weighted by Gasteiger charge is 2.30. The second-order valence-corrected chi connectivity index (χ2v) is 6.53. The van der Waals surface area contributed by atoms with E-state index in [-0.39, 0.29) is 11.9 Å². The van der Waals surface area contributed by atoms with Crippen molar-refractivity contribution in [3.8, 4) is 0 Å². The van der Waals surface area contributed by atoms with Gasteiger partial charge in [-0.25, -0.2) is 4.79 Å². The van der Waals surface area contributed by atoms with Crippen molar-refractivity contribution >= 4 is 34.9 Å². The van der Waals surface area contributed by atoms with Gasteiger partial charge in [-0.3, -0.25) is 9.69 Å². The molecule has 1 saturated heterocycles. The van der Waals surface area contributed by atoms with Crippen molar-refractivity contribution in [2.45, 2.75) is 19.4 Å². The lowest BCUT2D eigenvalue weighted by molar-refractivity contribution is -0.114. The number of rotatable bonds is 3. The van der Waals surface area contributed by atoms with Crippen LogP contribution in [0.15, 0.2) is 30.4 Å². The number of likely N-dealkylation sites (tertiary alicyclic amines) is 1. The standard InChI is InChI=1S/C17H21ClN4O2/c1-12(23)19-16-10-13(4-5-15(16)18)20-17(24)22-9-6-14(11-22)21-7-2-3-8-21/h2-5,10,14H,6-9,11H2,1H3,(H,19,23)(H,20,24). The highest BCUT2D eigenvalue weighted by atomic mass is 35.5. The van der Waals surface area contributed by atoms with E-state index < -0.39 is 0 Å². The van der Waals surface area contributed by atoms with E-state index in [2.05, 4.69) is 27.7 Å². The van der Waals surface area contributed by atoms with Gasteiger partial charge in [-0.15, -0.1) is 0 Å². The van der Waals surface area contributed by atoms with Crippen LogP contribution in [0.25, 0.3) is 0 Å². The largest absolute Gasteiger partial charge is 0.325 e. The summed E-state index contributed by atoms with van der Waals surface area (Å²) in [5.74, 6) is -0.206. The maximum Gasteiger partial charge on any atom is 0.321 e. The number of carbonyl (C=O) groups is 2. The van der Waals surface area contributed by atoms with Crippen LogP contribution in [-0.2, 0) is 4.79 Å². The SMILES string of the molecule is CC(=O)Nc1cc(NC(=O)N2CCC(N3CC=CC3)C2)ccc1Cl. The first-order valence-corrected chi connectivity index (χ1v) is 8.43. The number of hydrogen-bond acceptors (Lipinski definition) is 3. The number of carbonyl (C=O) groups excluding carboxylic acids is 2. The van der Waals surface area contributed by atoms with Crippen LogP contribution in [0.3, 0.4) is 0 Å². The number of halogens is 1. The van der Waals surface area contributed by atoms with E-state index in [1.807, 2.05) is 4.90 Å². The van der Waals surface area contributed by atoms with Crippen LogP contribution in [0.5, 0.6) is 0 Å². The summed E-state index contributed by atoms with van der Waals surface area (Å²) >= 11 is 6.05. The molecule has 2 aliphatic rings. The minimum Gasteiger partial charge on any atom is -0.325 e. The zero-order valence-electron chi connectivity index (χ0n) is 13.6. The molecule has 1 aromatic rings. The van der Waals surface area contributed by atoms with E-state index in [9.17, 15) is 9.59 Å². The Balaban J connectivity index is 1.59. The molecule has 2 N–H and O–H groups in total. The molecule has 2 heterocycles. The third-order valence-corrected chi connectivity index (χ3v) is 4.67. The maximum absolute atomic E-state index is 12.5. The average molecular weight is 349 g/mol. The molecule has 128 valence electrons. The summed E-state index contributed by atoms with van der Waals surface area (Å²) in [4.78, 5) is 27.9. The molecule has 1 fully saturated rings. The molecule has 6 nitrogen and oxygen atoms in total. The van der Waals surface area contributed by atoms with Gasteiger partial charge in [0.05, 0.1) is 10.7 Å². The Morgan fingerprint density at radius 1 is 1.21 bits per heavy atom. The van der Waals surface area contributed by atoms with E-state index in [1.54, 1.807) is 18.2 Å². The van der Waals surface area contributed by atoms with Crippen LogP contribution >= 0.6 is 11.6 Å². The lowest BCUT2D eigenvalue weighted by Crippen LogP contribution is -2.38. The smallest absolute Gasteiger partial charge is 0.321 e. The summed E-state index contributed by atoms with van der Waals surface area (Å²) in [6.07, 6.45) is 5.33. The molecule has 2 aliphatic heterocycles. The van der Waals surface area contributed by atoms with Crippen molar-refractivity contribution in [2.24, 2.45) is 0 Å². The number of nitrogens with one attached hydrogen (secondary N) is 2. The first-order chi connectivity index (χ1) is 11.5. The van der Waals surface area contributed by atoms with Crippen LogP contribution in [0.1, 0.15) is 13.3 Å². The molecule has 3 rings (SSSR count). The minimum absolute atomic E-state index is 0.124. The van der Waals surface area contributed by atoms with E-state index >= 15 is 0 Å². The Morgan fingerprint density at radius 3 is 2.67 bits per heavy atom. The lowest BCUT2D eigenvalue weighted by atomic mass is 10.2. The van der Waals surface area contributed by atoms with Crippen molar-refractivity contribution in [2.75, 3.05) is 36.8 Å². The topological polar surface area (TPSA) is 64.7 Å². The number of anilines is 2. The average Bonchev–Trinajstić information content (AvgIpc) is 3.20. The van der Waals surface area contributed by atoms with Crippen LogP contribution in [0.2, 0.25) is 5.02 Å². The van der Waals surface area contributed by atoms with Gasteiger partial charge < -0.3 is 15.5 Å². The van der Waals surface area contributed by atoms with Crippen molar-refractivity contribution in [1.82, 2.24) is 9.80 Å². The molecule has 0 aromatic heterocycles. The summed E-state index contributed by atoms with van der Waals surface area (Å²) < 4.78 is 0. The normalized spacial score (nSPS) is 20.4. The number of amides is 3. The van der Waals surface area contributed by atoms with E-state index in [0.717, 1.165) is 32.6 Å². The maximum atomic E-state index is 12.5. The number of urea groups is 1. The van der Waals surface area contributed by atoms with Gasteiger partial charge in [0, 0.05) is 44.8 Å². The summed E-state index contributed by atoms with van der Waals surface area (Å²) in [7, 11) is 0. The molecule has 0 saturated carbocycles. The molecular formula is C17H21ClN4O2. The Morgan fingerprint density at radius 2 is 1.96 bits per heavy atom. The third kappa shape index (κ3) is 3.88. The fraction of sp³-hybridized carbons (Fsp3) is 0.412. The van der Waals surface area contributed by atoms with Gasteiger partial charge in [-0.1, -0.05) is 23.8 Å². The van der Waals surface area contributed by atoms with Crippen molar-refractivity contribution < 1.29 is 9.59 Å². The van der Waals surface area contributed by atoms with Crippen LogP contribution < -0.4 is 10.6 Å². The van der Waals surface area contributed by atoms with E-state index in [4.69, 9.17) is 11.6 Å². The zero-order chi connectivity index (χ0) is 17.1. The highest BCUT2D eigenvalue weighted by Crippen LogP contribution is 2.26. The monoisotopic (exact) mass is 348 g/mol. The van der Waals surface area contributed by atoms with Crippen molar-refractivity contribution in [3.63, 3.8) is 0 Å². The number of benzene rings is 1. The molecule has 7 heteroatoms. The Hall–Kier alpha value is -2.05. The molecular weight excluding hydrogens is 328 g/mol. The molecule has 0 spiro atoms. The minimum atomic E-state index is -0.206. The van der Waals surface area contributed by atoms with Crippen LogP contribution in [-0.4, -0.2) is 54.0 Å². The van der Waals surface area contributed by atoms with Crippen molar-refractivity contribution in [1.29, 1.82) is 0 Å². The quantitative estimate of drug-likeness (QED) is 0.825. The van der Waals surface area contributed by atoms with Gasteiger partial charge in [0.15, 0.2) is 0 Å². The van der Waals surface area contributed by atoms with E-state index in [1.165, 1.54) is 6.92 Å². The summed E-state index contributed by atoms with van der Waals surface area (Å²) in [5.41, 5.74) is 1.10. The molecule has 3 amide bonds. The van der Waals surface area contributed by atoms with E-state index in [0.29, 0.717) is 22.4 Å². The predicted octanol–water partition coefficient (Wildman–Crippen LogP) is 2.78.